The van der Waals surface area contributed by atoms with Crippen molar-refractivity contribution in [3.8, 4) is 5.69 Å². The Labute approximate surface area is 194 Å². The van der Waals surface area contributed by atoms with Crippen molar-refractivity contribution in [2.45, 2.75) is 24.8 Å². The molecule has 0 atom stereocenters. The van der Waals surface area contributed by atoms with E-state index in [1.807, 2.05) is 22.8 Å². The highest BCUT2D eigenvalue weighted by molar-refractivity contribution is 6.31. The smallest absolute Gasteiger partial charge is 0.337 e. The van der Waals surface area contributed by atoms with Crippen LogP contribution in [-0.2, 0) is 21.5 Å². The number of carbonyl (C=O) groups is 2. The summed E-state index contributed by atoms with van der Waals surface area (Å²) in [6.45, 7) is 0.272. The van der Waals surface area contributed by atoms with Crippen LogP contribution in [0.2, 0.25) is 5.02 Å². The fourth-order valence-corrected chi connectivity index (χ4v) is 4.95. The van der Waals surface area contributed by atoms with Gasteiger partial charge in [0.15, 0.2) is 0 Å². The molecule has 1 spiro atoms. The van der Waals surface area contributed by atoms with Gasteiger partial charge in [-0.1, -0.05) is 17.7 Å². The van der Waals surface area contributed by atoms with E-state index in [1.165, 1.54) is 7.11 Å². The lowest BCUT2D eigenvalue weighted by molar-refractivity contribution is -0.120. The normalized spacial score (nSPS) is 15.8. The van der Waals surface area contributed by atoms with Gasteiger partial charge in [0.1, 0.15) is 5.82 Å². The van der Waals surface area contributed by atoms with E-state index in [2.05, 4.69) is 4.98 Å². The largest absolute Gasteiger partial charge is 0.465 e. The molecule has 1 aliphatic heterocycles. The number of anilines is 1. The summed E-state index contributed by atoms with van der Waals surface area (Å²) < 4.78 is 6.85. The van der Waals surface area contributed by atoms with Gasteiger partial charge in [0, 0.05) is 16.9 Å². The molecular formula is C25H19ClN4O3. The van der Waals surface area contributed by atoms with Crippen molar-refractivity contribution in [2.75, 3.05) is 12.0 Å². The summed E-state index contributed by atoms with van der Waals surface area (Å²) in [5.41, 5.74) is 4.18. The van der Waals surface area contributed by atoms with Gasteiger partial charge >= 0.3 is 5.97 Å². The number of benzene rings is 2. The zero-order chi connectivity index (χ0) is 22.7. The van der Waals surface area contributed by atoms with Crippen LogP contribution >= 0.6 is 11.6 Å². The topological polar surface area (TPSA) is 77.3 Å². The average molecular weight is 459 g/mol. The number of hydrogen-bond donors (Lipinski definition) is 0. The van der Waals surface area contributed by atoms with Gasteiger partial charge in [-0.3, -0.25) is 14.3 Å². The highest BCUT2D eigenvalue weighted by Crippen LogP contribution is 2.57. The lowest BCUT2D eigenvalue weighted by atomic mass is 9.99. The Hall–Kier alpha value is -3.71. The number of rotatable bonds is 4. The number of halogens is 1. The van der Waals surface area contributed by atoms with Gasteiger partial charge in [0.2, 0.25) is 5.91 Å². The summed E-state index contributed by atoms with van der Waals surface area (Å²) in [5.74, 6) is 0.330. The first-order valence-corrected chi connectivity index (χ1v) is 11.0. The molecule has 0 saturated heterocycles. The van der Waals surface area contributed by atoms with Gasteiger partial charge < -0.3 is 9.64 Å². The summed E-state index contributed by atoms with van der Waals surface area (Å²) in [7, 11) is 1.35. The molecule has 2 aromatic heterocycles. The third-order valence-corrected chi connectivity index (χ3v) is 6.76. The molecule has 33 heavy (non-hydrogen) atoms. The molecule has 1 amide bonds. The summed E-state index contributed by atoms with van der Waals surface area (Å²) >= 11 is 6.23. The van der Waals surface area contributed by atoms with Crippen LogP contribution in [0.1, 0.15) is 34.6 Å². The molecule has 0 radical (unpaired) electrons. The van der Waals surface area contributed by atoms with Gasteiger partial charge in [-0.25, -0.2) is 9.78 Å². The number of ether oxygens (including phenoxy) is 1. The highest BCUT2D eigenvalue weighted by Gasteiger charge is 2.59. The number of imidazole rings is 1. The van der Waals surface area contributed by atoms with Crippen LogP contribution in [0, 0.1) is 0 Å². The van der Waals surface area contributed by atoms with Gasteiger partial charge in [0.25, 0.3) is 0 Å². The van der Waals surface area contributed by atoms with Crippen LogP contribution in [0.4, 0.5) is 5.69 Å². The summed E-state index contributed by atoms with van der Waals surface area (Å²) in [5, 5.41) is 0.575. The standard InChI is InChI=1S/C25H19ClN4O3/c1-33-23(31)15-3-2-4-17(11-15)30-20-6-5-16(26)12-19(20)28-22(30)14-29-21-13-27-10-7-18(21)25(8-9-25)24(29)32/h2-7,10-13H,8-9,14H2,1H3. The van der Waals surface area contributed by atoms with Gasteiger partial charge in [-0.2, -0.15) is 0 Å². The fourth-order valence-electron chi connectivity index (χ4n) is 4.78. The van der Waals surface area contributed by atoms with E-state index < -0.39 is 11.4 Å². The lowest BCUT2D eigenvalue weighted by Gasteiger charge is -2.19. The van der Waals surface area contributed by atoms with Crippen LogP contribution in [-0.4, -0.2) is 33.5 Å². The molecule has 2 aromatic carbocycles. The minimum Gasteiger partial charge on any atom is -0.465 e. The van der Waals surface area contributed by atoms with Gasteiger partial charge in [0.05, 0.1) is 47.6 Å². The first-order chi connectivity index (χ1) is 16.0. The predicted molar refractivity (Wildman–Crippen MR) is 124 cm³/mol. The van der Waals surface area contributed by atoms with Crippen molar-refractivity contribution in [3.63, 3.8) is 0 Å². The molecule has 1 aliphatic carbocycles. The zero-order valence-electron chi connectivity index (χ0n) is 17.8. The number of nitrogens with zero attached hydrogens (tertiary/aromatic N) is 4. The van der Waals surface area contributed by atoms with Crippen molar-refractivity contribution in [3.05, 3.63) is 82.9 Å². The zero-order valence-corrected chi connectivity index (χ0v) is 18.5. The van der Waals surface area contributed by atoms with Crippen LogP contribution < -0.4 is 4.90 Å². The molecule has 0 unspecified atom stereocenters. The number of hydrogen-bond acceptors (Lipinski definition) is 5. The minimum atomic E-state index is -0.420. The Kier molecular flexibility index (Phi) is 4.32. The number of esters is 1. The molecule has 0 bridgehead atoms. The molecule has 2 aliphatic rings. The Bertz CT molecular complexity index is 1460. The third kappa shape index (κ3) is 2.96. The predicted octanol–water partition coefficient (Wildman–Crippen LogP) is 4.44. The van der Waals surface area contributed by atoms with Crippen molar-refractivity contribution >= 4 is 40.2 Å². The SMILES string of the molecule is COC(=O)c1cccc(-n2c(CN3C(=O)C4(CC4)c4ccncc43)nc3cc(Cl)ccc32)c1. The van der Waals surface area contributed by atoms with E-state index in [-0.39, 0.29) is 12.5 Å². The number of aromatic nitrogens is 3. The fraction of sp³-hybridized carbons (Fsp3) is 0.200. The third-order valence-electron chi connectivity index (χ3n) is 6.52. The van der Waals surface area contributed by atoms with E-state index in [1.54, 1.807) is 47.6 Å². The molecule has 3 heterocycles. The summed E-state index contributed by atoms with van der Waals surface area (Å²) in [4.78, 5) is 36.4. The maximum atomic E-state index is 13.4. The number of fused-ring (bicyclic) bond motifs is 3. The quantitative estimate of drug-likeness (QED) is 0.422. The number of amides is 1. The number of methoxy groups -OCH3 is 1. The summed E-state index contributed by atoms with van der Waals surface area (Å²) in [6, 6.07) is 14.6. The second-order valence-corrected chi connectivity index (χ2v) is 8.84. The molecular weight excluding hydrogens is 440 g/mol. The first-order valence-electron chi connectivity index (χ1n) is 10.6. The Morgan fingerprint density at radius 2 is 2.03 bits per heavy atom. The molecule has 7 nitrogen and oxygen atoms in total. The van der Waals surface area contributed by atoms with E-state index in [0.717, 1.165) is 35.3 Å². The molecule has 1 fully saturated rings. The monoisotopic (exact) mass is 458 g/mol. The Morgan fingerprint density at radius 1 is 1.18 bits per heavy atom. The average Bonchev–Trinajstić information content (AvgIpc) is 3.52. The van der Waals surface area contributed by atoms with Crippen molar-refractivity contribution in [1.82, 2.24) is 14.5 Å². The van der Waals surface area contributed by atoms with Gasteiger partial charge in [-0.15, -0.1) is 0 Å². The lowest BCUT2D eigenvalue weighted by Crippen LogP contribution is -2.32. The van der Waals surface area contributed by atoms with Crippen LogP contribution in [0.25, 0.3) is 16.7 Å². The van der Waals surface area contributed by atoms with E-state index >= 15 is 0 Å². The van der Waals surface area contributed by atoms with Crippen LogP contribution in [0.5, 0.6) is 0 Å². The van der Waals surface area contributed by atoms with E-state index in [0.29, 0.717) is 21.9 Å². The van der Waals surface area contributed by atoms with E-state index in [9.17, 15) is 9.59 Å². The molecule has 8 heteroatoms. The maximum absolute atomic E-state index is 13.4. The highest BCUT2D eigenvalue weighted by atomic mass is 35.5. The second-order valence-electron chi connectivity index (χ2n) is 8.40. The van der Waals surface area contributed by atoms with Crippen LogP contribution in [0.15, 0.2) is 60.9 Å². The van der Waals surface area contributed by atoms with Crippen molar-refractivity contribution in [2.24, 2.45) is 0 Å². The molecule has 164 valence electrons. The summed E-state index contributed by atoms with van der Waals surface area (Å²) in [6.07, 6.45) is 5.20. The molecule has 6 rings (SSSR count). The van der Waals surface area contributed by atoms with Crippen LogP contribution in [0.3, 0.4) is 0 Å². The minimum absolute atomic E-state index is 0.0884. The Morgan fingerprint density at radius 3 is 2.82 bits per heavy atom. The molecule has 4 aromatic rings. The first kappa shape index (κ1) is 19.9. The van der Waals surface area contributed by atoms with Crippen molar-refractivity contribution < 1.29 is 14.3 Å². The Balaban J connectivity index is 1.50. The molecule has 1 saturated carbocycles. The molecule has 0 N–H and O–H groups in total. The number of carbonyl (C=O) groups excluding carboxylic acids is 2. The second kappa shape index (κ2) is 7.15. The number of pyridine rings is 1. The van der Waals surface area contributed by atoms with E-state index in [4.69, 9.17) is 21.3 Å². The van der Waals surface area contributed by atoms with Gasteiger partial charge in [-0.05, 0) is 60.9 Å². The van der Waals surface area contributed by atoms with Crippen molar-refractivity contribution in [1.29, 1.82) is 0 Å². The maximum Gasteiger partial charge on any atom is 0.337 e.